The first kappa shape index (κ1) is 16.2. The van der Waals surface area contributed by atoms with Gasteiger partial charge in [-0.3, -0.25) is 4.57 Å². The second kappa shape index (κ2) is 5.62. The minimum absolute atomic E-state index is 0.0996. The molecule has 2 fully saturated rings. The molecule has 0 radical (unpaired) electrons. The molecule has 25 heavy (non-hydrogen) atoms. The third-order valence-electron chi connectivity index (χ3n) is 4.37. The lowest BCUT2D eigenvalue weighted by Crippen LogP contribution is -2.33. The molecule has 3 heterocycles. The highest BCUT2D eigenvalue weighted by Gasteiger charge is 2.44. The van der Waals surface area contributed by atoms with Crippen LogP contribution in [0.4, 0.5) is 5.82 Å². The molecule has 10 heteroatoms. The summed E-state index contributed by atoms with van der Waals surface area (Å²) in [5.41, 5.74) is 5.49. The smallest absolute Gasteiger partial charge is 0.209 e. The molecule has 4 rings (SSSR count). The van der Waals surface area contributed by atoms with Crippen molar-refractivity contribution >= 4 is 17.0 Å². The summed E-state index contributed by atoms with van der Waals surface area (Å²) in [5, 5.41) is 39.1. The van der Waals surface area contributed by atoms with Crippen LogP contribution >= 0.6 is 0 Å². The molecule has 0 amide bonds. The van der Waals surface area contributed by atoms with E-state index in [0.717, 1.165) is 0 Å². The minimum atomic E-state index is -1.27. The second-order valence-corrected chi connectivity index (χ2v) is 6.27. The van der Waals surface area contributed by atoms with E-state index in [-0.39, 0.29) is 17.3 Å². The maximum absolute atomic E-state index is 10.2. The highest BCUT2D eigenvalue weighted by molar-refractivity contribution is 5.82. The summed E-state index contributed by atoms with van der Waals surface area (Å²) in [7, 11) is 0. The van der Waals surface area contributed by atoms with Crippen molar-refractivity contribution in [1.82, 2.24) is 19.5 Å². The van der Waals surface area contributed by atoms with Crippen molar-refractivity contribution in [3.05, 3.63) is 12.2 Å². The van der Waals surface area contributed by atoms with Gasteiger partial charge < -0.3 is 30.9 Å². The molecule has 1 saturated heterocycles. The summed E-state index contributed by atoms with van der Waals surface area (Å²) in [5.74, 6) is 5.60. The maximum atomic E-state index is 10.2. The average Bonchev–Trinajstić information content (AvgIpc) is 3.06. The van der Waals surface area contributed by atoms with E-state index in [1.165, 1.54) is 10.9 Å². The number of anilines is 1. The van der Waals surface area contributed by atoms with Crippen LogP contribution in [0.1, 0.15) is 24.9 Å². The number of nitrogens with zero attached hydrogens (tertiary/aromatic N) is 4. The lowest BCUT2D eigenvalue weighted by Gasteiger charge is -2.16. The van der Waals surface area contributed by atoms with Crippen LogP contribution in [0.15, 0.2) is 6.33 Å². The van der Waals surface area contributed by atoms with E-state index in [1.807, 2.05) is 0 Å². The summed E-state index contributed by atoms with van der Waals surface area (Å²) in [4.78, 5) is 12.4. The lowest BCUT2D eigenvalue weighted by molar-refractivity contribution is -0.0511. The number of ether oxygens (including phenoxy) is 1. The Morgan fingerprint density at radius 2 is 2.08 bits per heavy atom. The molecule has 2 aromatic heterocycles. The van der Waals surface area contributed by atoms with Gasteiger partial charge in [0, 0.05) is 0 Å². The molecule has 6 N–H and O–H groups in total. The molecule has 1 aliphatic heterocycles. The molecule has 2 unspecified atom stereocenters. The number of nitrogens with two attached hydrogens (primary N) is 1. The van der Waals surface area contributed by atoms with E-state index < -0.39 is 36.7 Å². The van der Waals surface area contributed by atoms with Crippen LogP contribution in [-0.2, 0) is 4.74 Å². The molecule has 0 spiro atoms. The molecule has 10 nitrogen and oxygen atoms in total. The van der Waals surface area contributed by atoms with Gasteiger partial charge in [-0.15, -0.1) is 0 Å². The Bertz CT molecular complexity index is 884. The van der Waals surface area contributed by atoms with Crippen molar-refractivity contribution in [3.8, 4) is 11.8 Å². The first-order chi connectivity index (χ1) is 11.9. The zero-order valence-electron chi connectivity index (χ0n) is 13.1. The van der Waals surface area contributed by atoms with Crippen LogP contribution < -0.4 is 5.73 Å². The maximum Gasteiger partial charge on any atom is 0.209 e. The summed E-state index contributed by atoms with van der Waals surface area (Å²) in [6, 6.07) is 0. The van der Waals surface area contributed by atoms with Gasteiger partial charge in [0.05, 0.1) is 12.9 Å². The normalized spacial score (nSPS) is 30.2. The molecule has 2 aromatic rings. The van der Waals surface area contributed by atoms with Crippen LogP contribution in [0.2, 0.25) is 0 Å². The van der Waals surface area contributed by atoms with Gasteiger partial charge >= 0.3 is 0 Å². The molecule has 1 aliphatic carbocycles. The van der Waals surface area contributed by atoms with Crippen LogP contribution in [0, 0.1) is 11.8 Å². The predicted octanol–water partition coefficient (Wildman–Crippen LogP) is -2.10. The first-order valence-electron chi connectivity index (χ1n) is 7.80. The van der Waals surface area contributed by atoms with E-state index in [4.69, 9.17) is 10.5 Å². The zero-order valence-corrected chi connectivity index (χ0v) is 13.1. The predicted molar refractivity (Wildman–Crippen MR) is 83.8 cm³/mol. The van der Waals surface area contributed by atoms with Gasteiger partial charge in [0.1, 0.15) is 29.4 Å². The van der Waals surface area contributed by atoms with Crippen molar-refractivity contribution in [1.29, 1.82) is 0 Å². The number of aliphatic hydroxyl groups is 4. The number of imidazole rings is 1. The lowest BCUT2D eigenvalue weighted by atomic mass is 10.1. The highest BCUT2D eigenvalue weighted by atomic mass is 16.6. The summed E-state index contributed by atoms with van der Waals surface area (Å²) >= 11 is 0. The fourth-order valence-electron chi connectivity index (χ4n) is 2.71. The van der Waals surface area contributed by atoms with Gasteiger partial charge in [-0.05, 0) is 18.8 Å². The first-order valence-corrected chi connectivity index (χ1v) is 7.80. The number of fused-ring (bicyclic) bond motifs is 1. The van der Waals surface area contributed by atoms with E-state index in [0.29, 0.717) is 18.4 Å². The Balaban J connectivity index is 1.75. The third kappa shape index (κ3) is 2.72. The highest BCUT2D eigenvalue weighted by Crippen LogP contribution is 2.34. The Kier molecular flexibility index (Phi) is 3.64. The van der Waals surface area contributed by atoms with Crippen molar-refractivity contribution < 1.29 is 25.2 Å². The van der Waals surface area contributed by atoms with Crippen LogP contribution in [0.3, 0.4) is 0 Å². The van der Waals surface area contributed by atoms with E-state index in [2.05, 4.69) is 26.8 Å². The number of aliphatic hydroxyl groups excluding tert-OH is 3. The third-order valence-corrected chi connectivity index (χ3v) is 4.37. The van der Waals surface area contributed by atoms with Crippen molar-refractivity contribution in [2.45, 2.75) is 43.0 Å². The van der Waals surface area contributed by atoms with Gasteiger partial charge in [-0.1, -0.05) is 5.92 Å². The second-order valence-electron chi connectivity index (χ2n) is 6.27. The van der Waals surface area contributed by atoms with Crippen LogP contribution in [-0.4, -0.2) is 70.5 Å². The molecule has 132 valence electrons. The molecule has 1 saturated carbocycles. The molecular weight excluding hydrogens is 330 g/mol. The van der Waals surface area contributed by atoms with Gasteiger partial charge in [-0.25, -0.2) is 15.0 Å². The van der Waals surface area contributed by atoms with Crippen molar-refractivity contribution in [3.63, 3.8) is 0 Å². The Morgan fingerprint density at radius 1 is 1.32 bits per heavy atom. The molecule has 0 aromatic carbocycles. The Morgan fingerprint density at radius 3 is 2.72 bits per heavy atom. The summed E-state index contributed by atoms with van der Waals surface area (Å²) < 4.78 is 6.90. The average molecular weight is 347 g/mol. The van der Waals surface area contributed by atoms with Gasteiger partial charge in [-0.2, -0.15) is 0 Å². The minimum Gasteiger partial charge on any atom is -0.394 e. The molecule has 4 atom stereocenters. The van der Waals surface area contributed by atoms with E-state index in [9.17, 15) is 20.4 Å². The number of nitrogen functional groups attached to an aromatic ring is 1. The summed E-state index contributed by atoms with van der Waals surface area (Å²) in [6.07, 6.45) is -1.83. The fraction of sp³-hybridized carbons (Fsp3) is 0.533. The summed E-state index contributed by atoms with van der Waals surface area (Å²) in [6.45, 7) is -0.437. The van der Waals surface area contributed by atoms with Gasteiger partial charge in [0.15, 0.2) is 17.7 Å². The Labute approximate surface area is 141 Å². The fourth-order valence-corrected chi connectivity index (χ4v) is 2.71. The van der Waals surface area contributed by atoms with Crippen molar-refractivity contribution in [2.24, 2.45) is 0 Å². The quantitative estimate of drug-likeness (QED) is 0.383. The number of hydrogen-bond donors (Lipinski definition) is 5. The van der Waals surface area contributed by atoms with Gasteiger partial charge in [0.2, 0.25) is 5.82 Å². The van der Waals surface area contributed by atoms with E-state index >= 15 is 0 Å². The van der Waals surface area contributed by atoms with Gasteiger partial charge in [0.25, 0.3) is 0 Å². The largest absolute Gasteiger partial charge is 0.394 e. The van der Waals surface area contributed by atoms with Crippen LogP contribution in [0.25, 0.3) is 11.2 Å². The molecule has 2 aliphatic rings. The number of hydrogen-bond acceptors (Lipinski definition) is 9. The molecular formula is C15H17N5O5. The van der Waals surface area contributed by atoms with Crippen molar-refractivity contribution in [2.75, 3.05) is 12.3 Å². The number of rotatable bonds is 2. The zero-order chi connectivity index (χ0) is 17.8. The topological polar surface area (TPSA) is 160 Å². The standard InChI is InChI=1S/C15H17N5O5/c16-12-9-13(19-8(18-12)1-2-15(24)3-4-15)20(6-17-9)14-11(23)10(22)7(5-21)25-14/h6-7,10-11,14,21-24H,3-5H2,(H2,16,18,19)/t7-,10?,11?,14-/m1/s1. The van der Waals surface area contributed by atoms with Crippen LogP contribution in [0.5, 0.6) is 0 Å². The van der Waals surface area contributed by atoms with E-state index in [1.54, 1.807) is 0 Å². The molecule has 0 bridgehead atoms. The SMILES string of the molecule is Nc1nc(C#CC2(O)CC2)nc2c1ncn2[C@@H]1O[C@H](CO)C(O)C1O. The Hall–Kier alpha value is -2.29. The number of aromatic nitrogens is 4. The monoisotopic (exact) mass is 347 g/mol.